The average Bonchev–Trinajstić information content (AvgIpc) is 1.35. The fraction of sp³-hybridized carbons (Fsp3) is 0. The Labute approximate surface area is 50.8 Å². The Balaban J connectivity index is 0. The summed E-state index contributed by atoms with van der Waals surface area (Å²) < 4.78 is 2.41. The Morgan fingerprint density at radius 2 is 1.43 bits per heavy atom. The van der Waals surface area contributed by atoms with Gasteiger partial charge in [0.1, 0.15) is 0 Å². The molecule has 0 saturated carbocycles. The van der Waals surface area contributed by atoms with Crippen LogP contribution in [-0.2, 0) is 21.4 Å². The summed E-state index contributed by atoms with van der Waals surface area (Å²) in [5.41, 5.74) is 0. The molecule has 0 rings (SSSR count). The molecule has 0 atom stereocenters. The van der Waals surface area contributed by atoms with E-state index in [1.54, 1.807) is 0 Å². The van der Waals surface area contributed by atoms with Gasteiger partial charge in [-0.3, -0.25) is 5.26 Å². The van der Waals surface area contributed by atoms with Crippen LogP contribution in [0.4, 0.5) is 0 Å². The zero-order valence-corrected chi connectivity index (χ0v) is 4.95. The minimum absolute atomic E-state index is 0. The molecular weight excluding hydrogens is 167 g/mol. The third-order valence-corrected chi connectivity index (χ3v) is 0.335. The van der Waals surface area contributed by atoms with E-state index in [-0.39, 0.29) is 16.8 Å². The quantitative estimate of drug-likeness (QED) is 0.244. The van der Waals surface area contributed by atoms with Crippen molar-refractivity contribution in [3.63, 3.8) is 0 Å². The molecular formula is HCoO5Si. The van der Waals surface area contributed by atoms with E-state index in [0.717, 1.165) is 0 Å². The summed E-state index contributed by atoms with van der Waals surface area (Å²) in [6.07, 6.45) is 0. The van der Waals surface area contributed by atoms with Gasteiger partial charge in [0.25, 0.3) is 0 Å². The molecule has 0 unspecified atom stereocenters. The Bertz CT molecular complexity index is 37.8. The molecule has 0 amide bonds. The van der Waals surface area contributed by atoms with Crippen molar-refractivity contribution in [2.24, 2.45) is 0 Å². The number of hydrogen-bond acceptors (Lipinski definition) is 5. The van der Waals surface area contributed by atoms with Crippen LogP contribution >= 0.6 is 0 Å². The minimum atomic E-state index is -5.33. The summed E-state index contributed by atoms with van der Waals surface area (Å²) in [6.45, 7) is 0. The Hall–Kier alpha value is 0.523. The normalized spacial score (nSPS) is 10.3. The van der Waals surface area contributed by atoms with E-state index < -0.39 is 9.05 Å². The van der Waals surface area contributed by atoms with Crippen LogP contribution in [-0.4, -0.2) is 14.3 Å². The van der Waals surface area contributed by atoms with Crippen LogP contribution in [0, 0.1) is 0 Å². The zero-order chi connectivity index (χ0) is 5.21. The molecule has 0 aliphatic rings. The molecule has 0 fully saturated rings. The Morgan fingerprint density at radius 3 is 1.43 bits per heavy atom. The monoisotopic (exact) mass is 168 g/mol. The van der Waals surface area contributed by atoms with Crippen molar-refractivity contribution in [2.45, 2.75) is 0 Å². The maximum atomic E-state index is 9.03. The van der Waals surface area contributed by atoms with Crippen molar-refractivity contribution in [2.75, 3.05) is 0 Å². The largest absolute Gasteiger partial charge is 3.00 e. The summed E-state index contributed by atoms with van der Waals surface area (Å²) in [7, 11) is -5.33. The van der Waals surface area contributed by atoms with Gasteiger partial charge in [-0.05, 0) is 0 Å². The standard InChI is InChI=1S/Co.HO5Si/c;1-5-6(2,3)4/h;1H/q+3;-3. The topological polar surface area (TPSA) is 98.6 Å². The van der Waals surface area contributed by atoms with Crippen molar-refractivity contribution in [1.82, 2.24) is 0 Å². The molecule has 0 aromatic heterocycles. The maximum Gasteiger partial charge on any atom is 3.00 e. The van der Waals surface area contributed by atoms with Crippen molar-refractivity contribution in [1.29, 1.82) is 0 Å². The van der Waals surface area contributed by atoms with Crippen LogP contribution in [0.15, 0.2) is 0 Å². The predicted octanol–water partition coefficient (Wildman–Crippen LogP) is -4.01. The minimum Gasteiger partial charge on any atom is -0.859 e. The summed E-state index contributed by atoms with van der Waals surface area (Å²) in [5.74, 6) is 0. The van der Waals surface area contributed by atoms with E-state index in [0.29, 0.717) is 0 Å². The fourth-order valence-electron chi connectivity index (χ4n) is 0. The molecule has 0 saturated heterocycles. The van der Waals surface area contributed by atoms with Crippen LogP contribution in [0.3, 0.4) is 0 Å². The molecule has 0 aromatic carbocycles. The first-order chi connectivity index (χ1) is 2.56. The molecule has 0 bridgehead atoms. The molecule has 0 aliphatic carbocycles. The number of rotatable bonds is 1. The first-order valence-electron chi connectivity index (χ1n) is 0.999. The van der Waals surface area contributed by atoms with Crippen LogP contribution < -0.4 is 14.4 Å². The molecule has 7 heteroatoms. The van der Waals surface area contributed by atoms with Crippen LogP contribution in [0.5, 0.6) is 0 Å². The first-order valence-corrected chi connectivity index (χ1v) is 2.63. The molecule has 0 spiro atoms. The van der Waals surface area contributed by atoms with Gasteiger partial charge < -0.3 is 19.0 Å². The Kier molecular flexibility index (Phi) is 5.27. The van der Waals surface area contributed by atoms with E-state index in [9.17, 15) is 0 Å². The zero-order valence-electron chi connectivity index (χ0n) is 2.91. The van der Waals surface area contributed by atoms with E-state index in [2.05, 4.69) is 4.58 Å². The van der Waals surface area contributed by atoms with E-state index in [1.807, 2.05) is 0 Å². The second kappa shape index (κ2) is 3.52. The number of hydrogen-bond donors (Lipinski definition) is 1. The second-order valence-corrected chi connectivity index (χ2v) is 1.77. The van der Waals surface area contributed by atoms with Crippen LogP contribution in [0.25, 0.3) is 0 Å². The Morgan fingerprint density at radius 1 is 1.29 bits per heavy atom. The molecule has 0 aromatic rings. The molecule has 0 heterocycles. The molecule has 44 valence electrons. The first kappa shape index (κ1) is 10.5. The van der Waals surface area contributed by atoms with Gasteiger partial charge in [-0.15, -0.1) is 0 Å². The third kappa shape index (κ3) is 10.8. The van der Waals surface area contributed by atoms with E-state index in [4.69, 9.17) is 19.6 Å². The summed E-state index contributed by atoms with van der Waals surface area (Å²) in [4.78, 5) is 27.1. The summed E-state index contributed by atoms with van der Waals surface area (Å²) >= 11 is 0. The predicted molar refractivity (Wildman–Crippen MR) is 9.47 cm³/mol. The van der Waals surface area contributed by atoms with E-state index in [1.165, 1.54) is 0 Å². The van der Waals surface area contributed by atoms with Crippen LogP contribution in [0.2, 0.25) is 0 Å². The summed E-state index contributed by atoms with van der Waals surface area (Å²) in [5, 5.41) is 7.03. The van der Waals surface area contributed by atoms with Gasteiger partial charge in [-0.25, -0.2) is 0 Å². The molecule has 7 heavy (non-hydrogen) atoms. The van der Waals surface area contributed by atoms with Gasteiger partial charge in [0.05, 0.1) is 0 Å². The van der Waals surface area contributed by atoms with Gasteiger partial charge >= 0.3 is 16.8 Å². The van der Waals surface area contributed by atoms with Gasteiger partial charge in [0.15, 0.2) is 0 Å². The van der Waals surface area contributed by atoms with Gasteiger partial charge in [-0.1, -0.05) is 9.05 Å². The van der Waals surface area contributed by atoms with Crippen molar-refractivity contribution >= 4 is 9.05 Å². The van der Waals surface area contributed by atoms with Gasteiger partial charge in [-0.2, -0.15) is 0 Å². The molecule has 1 N–H and O–H groups in total. The van der Waals surface area contributed by atoms with E-state index >= 15 is 0 Å². The third-order valence-electron chi connectivity index (χ3n) is 0.112. The maximum absolute atomic E-state index is 9.03. The molecule has 5 nitrogen and oxygen atoms in total. The average molecular weight is 168 g/mol. The fourth-order valence-corrected chi connectivity index (χ4v) is 0. The molecule has 0 aliphatic heterocycles. The van der Waals surface area contributed by atoms with Crippen molar-refractivity contribution in [3.8, 4) is 0 Å². The smallest absolute Gasteiger partial charge is 0.859 e. The SMILES string of the molecule is [Co+3].[O-][Si]([O-])([O-])OO. The van der Waals surface area contributed by atoms with Gasteiger partial charge in [0, 0.05) is 0 Å². The second-order valence-electron chi connectivity index (χ2n) is 0.591. The molecule has 0 radical (unpaired) electrons. The summed E-state index contributed by atoms with van der Waals surface area (Å²) in [6, 6.07) is 0. The van der Waals surface area contributed by atoms with Gasteiger partial charge in [0.2, 0.25) is 0 Å². The van der Waals surface area contributed by atoms with Crippen molar-refractivity contribution < 1.29 is 41.0 Å². The van der Waals surface area contributed by atoms with Crippen LogP contribution in [0.1, 0.15) is 0 Å². The van der Waals surface area contributed by atoms with Crippen molar-refractivity contribution in [3.05, 3.63) is 0 Å².